The predicted octanol–water partition coefficient (Wildman–Crippen LogP) is 2.47. The highest BCUT2D eigenvalue weighted by Crippen LogP contribution is 2.35. The molecule has 1 heteroatoms. The third kappa shape index (κ3) is 1.37. The van der Waals surface area contributed by atoms with Crippen LogP contribution < -0.4 is 0 Å². The molecule has 1 nitrogen and oxygen atoms in total. The second kappa shape index (κ2) is 2.80. The van der Waals surface area contributed by atoms with E-state index < -0.39 is 0 Å². The first-order valence-corrected chi connectivity index (χ1v) is 4.59. The van der Waals surface area contributed by atoms with E-state index in [1.54, 1.807) is 0 Å². The molecule has 60 valence electrons. The number of carbonyl (C=O) groups excluding carboxylic acids is 1. The van der Waals surface area contributed by atoms with E-state index >= 15 is 0 Å². The topological polar surface area (TPSA) is 17.1 Å². The summed E-state index contributed by atoms with van der Waals surface area (Å²) >= 11 is 0. The quantitative estimate of drug-likeness (QED) is 0.518. The molecule has 0 radical (unpaired) electrons. The van der Waals surface area contributed by atoms with Gasteiger partial charge in [0.1, 0.15) is 0 Å². The summed E-state index contributed by atoms with van der Waals surface area (Å²) in [5.74, 6) is 1.14. The third-order valence-electron chi connectivity index (χ3n) is 2.88. The van der Waals surface area contributed by atoms with Crippen molar-refractivity contribution in [3.8, 4) is 0 Å². The van der Waals surface area contributed by atoms with Crippen molar-refractivity contribution in [3.63, 3.8) is 0 Å². The number of fused-ring (bicyclic) bond motifs is 1. The highest BCUT2D eigenvalue weighted by molar-refractivity contribution is 5.91. The second-order valence-corrected chi connectivity index (χ2v) is 3.67. The van der Waals surface area contributed by atoms with Gasteiger partial charge in [0.05, 0.1) is 0 Å². The molecule has 0 spiro atoms. The molecule has 1 fully saturated rings. The van der Waals surface area contributed by atoms with Gasteiger partial charge in [-0.1, -0.05) is 12.0 Å². The van der Waals surface area contributed by atoms with Crippen molar-refractivity contribution >= 4 is 5.78 Å². The number of ketones is 1. The number of allylic oxidation sites excluding steroid dienone is 2. The Labute approximate surface area is 67.5 Å². The fourth-order valence-corrected chi connectivity index (χ4v) is 2.22. The minimum absolute atomic E-state index is 0.359. The van der Waals surface area contributed by atoms with Crippen LogP contribution in [0.1, 0.15) is 38.5 Å². The molecule has 1 atom stereocenters. The smallest absolute Gasteiger partial charge is 0.155 e. The van der Waals surface area contributed by atoms with Crippen molar-refractivity contribution in [2.75, 3.05) is 0 Å². The summed E-state index contributed by atoms with van der Waals surface area (Å²) in [5.41, 5.74) is 1.45. The van der Waals surface area contributed by atoms with Crippen molar-refractivity contribution in [2.24, 2.45) is 5.92 Å². The van der Waals surface area contributed by atoms with E-state index in [1.165, 1.54) is 31.3 Å². The zero-order chi connectivity index (χ0) is 7.68. The maximum atomic E-state index is 11.0. The Morgan fingerprint density at radius 1 is 1.18 bits per heavy atom. The summed E-state index contributed by atoms with van der Waals surface area (Å²) in [6.45, 7) is 0. The molecule has 2 rings (SSSR count). The molecule has 1 saturated carbocycles. The van der Waals surface area contributed by atoms with Gasteiger partial charge in [0.15, 0.2) is 5.78 Å². The fourth-order valence-electron chi connectivity index (χ4n) is 2.22. The van der Waals surface area contributed by atoms with Crippen LogP contribution in [0.3, 0.4) is 0 Å². The van der Waals surface area contributed by atoms with Crippen LogP contribution in [0.25, 0.3) is 0 Å². The Bertz CT molecular complexity index is 203. The van der Waals surface area contributed by atoms with Crippen molar-refractivity contribution in [1.82, 2.24) is 0 Å². The number of hydrogen-bond acceptors (Lipinski definition) is 1. The normalized spacial score (nSPS) is 31.1. The fraction of sp³-hybridized carbons (Fsp3) is 0.700. The predicted molar refractivity (Wildman–Crippen MR) is 44.3 cm³/mol. The van der Waals surface area contributed by atoms with Gasteiger partial charge in [0.25, 0.3) is 0 Å². The van der Waals surface area contributed by atoms with Crippen LogP contribution in [0.5, 0.6) is 0 Å². The summed E-state index contributed by atoms with van der Waals surface area (Å²) in [5, 5.41) is 0. The van der Waals surface area contributed by atoms with Gasteiger partial charge in [0, 0.05) is 6.42 Å². The van der Waals surface area contributed by atoms with Crippen LogP contribution in [0.4, 0.5) is 0 Å². The average molecular weight is 150 g/mol. The van der Waals surface area contributed by atoms with Crippen molar-refractivity contribution in [1.29, 1.82) is 0 Å². The summed E-state index contributed by atoms with van der Waals surface area (Å²) < 4.78 is 0. The molecule has 0 bridgehead atoms. The molecule has 0 aliphatic heterocycles. The molecule has 0 heterocycles. The summed E-state index contributed by atoms with van der Waals surface area (Å²) in [6, 6.07) is 0. The van der Waals surface area contributed by atoms with Crippen LogP contribution >= 0.6 is 0 Å². The van der Waals surface area contributed by atoms with Gasteiger partial charge in [-0.15, -0.1) is 0 Å². The molecular weight excluding hydrogens is 136 g/mol. The first kappa shape index (κ1) is 7.08. The van der Waals surface area contributed by atoms with Gasteiger partial charge < -0.3 is 0 Å². The van der Waals surface area contributed by atoms with Crippen LogP contribution in [0.2, 0.25) is 0 Å². The Balaban J connectivity index is 2.16. The number of hydrogen-bond donors (Lipinski definition) is 0. The first-order chi connectivity index (χ1) is 5.36. The van der Waals surface area contributed by atoms with E-state index in [9.17, 15) is 4.79 Å². The Morgan fingerprint density at radius 2 is 2.09 bits per heavy atom. The largest absolute Gasteiger partial charge is 0.295 e. The summed E-state index contributed by atoms with van der Waals surface area (Å²) in [7, 11) is 0. The van der Waals surface area contributed by atoms with E-state index in [0.29, 0.717) is 5.78 Å². The average Bonchev–Trinajstić information content (AvgIpc) is 2.04. The summed E-state index contributed by atoms with van der Waals surface area (Å²) in [6.07, 6.45) is 9.04. The minimum Gasteiger partial charge on any atom is -0.295 e. The lowest BCUT2D eigenvalue weighted by atomic mass is 9.77. The zero-order valence-corrected chi connectivity index (χ0v) is 6.81. The van der Waals surface area contributed by atoms with Gasteiger partial charge in [-0.3, -0.25) is 4.79 Å². The van der Waals surface area contributed by atoms with E-state index in [4.69, 9.17) is 0 Å². The SMILES string of the molecule is O=C1C=C2CCCC[C@H]2CC1. The Hall–Kier alpha value is -0.590. The molecule has 0 amide bonds. The molecule has 11 heavy (non-hydrogen) atoms. The van der Waals surface area contributed by atoms with Crippen LogP contribution in [0, 0.1) is 5.92 Å². The molecule has 0 unspecified atom stereocenters. The van der Waals surface area contributed by atoms with Crippen LogP contribution in [-0.2, 0) is 4.79 Å². The lowest BCUT2D eigenvalue weighted by molar-refractivity contribution is -0.115. The Morgan fingerprint density at radius 3 is 3.00 bits per heavy atom. The van der Waals surface area contributed by atoms with Gasteiger partial charge in [-0.05, 0) is 37.7 Å². The standard InChI is InChI=1S/C10H14O/c11-10-6-5-8-3-1-2-4-9(8)7-10/h7-8H,1-6H2/t8-/m0/s1. The maximum absolute atomic E-state index is 11.0. The van der Waals surface area contributed by atoms with Gasteiger partial charge in [-0.25, -0.2) is 0 Å². The number of carbonyl (C=O) groups is 1. The molecular formula is C10H14O. The minimum atomic E-state index is 0.359. The molecule has 2 aliphatic rings. The van der Waals surface area contributed by atoms with Crippen LogP contribution in [-0.4, -0.2) is 5.78 Å². The molecule has 0 aromatic carbocycles. The lowest BCUT2D eigenvalue weighted by Crippen LogP contribution is -2.17. The monoisotopic (exact) mass is 150 g/mol. The highest BCUT2D eigenvalue weighted by Gasteiger charge is 2.23. The van der Waals surface area contributed by atoms with E-state index in [-0.39, 0.29) is 0 Å². The maximum Gasteiger partial charge on any atom is 0.155 e. The molecule has 0 saturated heterocycles. The van der Waals surface area contributed by atoms with E-state index in [2.05, 4.69) is 0 Å². The van der Waals surface area contributed by atoms with E-state index in [1.807, 2.05) is 6.08 Å². The van der Waals surface area contributed by atoms with E-state index in [0.717, 1.165) is 18.8 Å². The van der Waals surface area contributed by atoms with Gasteiger partial charge in [-0.2, -0.15) is 0 Å². The third-order valence-corrected chi connectivity index (χ3v) is 2.88. The first-order valence-electron chi connectivity index (χ1n) is 4.59. The van der Waals surface area contributed by atoms with Crippen molar-refractivity contribution in [3.05, 3.63) is 11.6 Å². The zero-order valence-electron chi connectivity index (χ0n) is 6.81. The van der Waals surface area contributed by atoms with Crippen molar-refractivity contribution in [2.45, 2.75) is 38.5 Å². The second-order valence-electron chi connectivity index (χ2n) is 3.67. The number of rotatable bonds is 0. The van der Waals surface area contributed by atoms with Gasteiger partial charge in [0.2, 0.25) is 0 Å². The molecule has 0 N–H and O–H groups in total. The lowest BCUT2D eigenvalue weighted by Gasteiger charge is -2.27. The van der Waals surface area contributed by atoms with Crippen molar-refractivity contribution < 1.29 is 4.79 Å². The van der Waals surface area contributed by atoms with Gasteiger partial charge >= 0.3 is 0 Å². The molecule has 0 aromatic rings. The molecule has 0 aromatic heterocycles. The summed E-state index contributed by atoms with van der Waals surface area (Å²) in [4.78, 5) is 11.0. The Kier molecular flexibility index (Phi) is 1.80. The van der Waals surface area contributed by atoms with Crippen LogP contribution in [0.15, 0.2) is 11.6 Å². The highest BCUT2D eigenvalue weighted by atomic mass is 16.1. The molecule has 2 aliphatic carbocycles.